The van der Waals surface area contributed by atoms with Crippen molar-refractivity contribution in [3.63, 3.8) is 0 Å². The second kappa shape index (κ2) is 8.61. The lowest BCUT2D eigenvalue weighted by Crippen LogP contribution is -2.42. The minimum atomic E-state index is -0.403. The predicted molar refractivity (Wildman–Crippen MR) is 96.8 cm³/mol. The first-order valence-corrected chi connectivity index (χ1v) is 9.38. The molecule has 1 aromatic rings. The zero-order chi connectivity index (χ0) is 17.6. The Bertz CT molecular complexity index is 599. The van der Waals surface area contributed by atoms with E-state index in [4.69, 9.17) is 0 Å². The van der Waals surface area contributed by atoms with Gasteiger partial charge in [-0.05, 0) is 69.5 Å². The molecule has 1 atom stereocenters. The van der Waals surface area contributed by atoms with Crippen molar-refractivity contribution in [1.29, 1.82) is 0 Å². The van der Waals surface area contributed by atoms with Gasteiger partial charge in [0.25, 0.3) is 0 Å². The first kappa shape index (κ1) is 18.1. The average molecular weight is 350 g/mol. The minimum Gasteiger partial charge on any atom is -0.357 e. The van der Waals surface area contributed by atoms with Gasteiger partial charge in [0.15, 0.2) is 5.96 Å². The lowest BCUT2D eigenvalue weighted by atomic mass is 10.1. The molecule has 2 saturated heterocycles. The molecular weight excluding hydrogens is 322 g/mol. The predicted octanol–water partition coefficient (Wildman–Crippen LogP) is 2.64. The second-order valence-corrected chi connectivity index (χ2v) is 6.85. The van der Waals surface area contributed by atoms with Crippen molar-refractivity contribution in [2.24, 2.45) is 4.99 Å². The molecule has 25 heavy (non-hydrogen) atoms. The zero-order valence-corrected chi connectivity index (χ0v) is 15.0. The molecule has 2 fully saturated rings. The third-order valence-electron chi connectivity index (χ3n) is 5.11. The van der Waals surface area contributed by atoms with E-state index in [1.165, 1.54) is 44.5 Å². The highest BCUT2D eigenvalue weighted by Gasteiger charge is 2.30. The molecule has 3 rings (SSSR count). The standard InChI is InChI=1S/C19H28F2N4/c1-2-22-19(23-9-7-15-13-16(20)5-6-18(15)21)25-12-8-17(14-25)24-10-3-4-11-24/h5-6,13,17H,2-4,7-12,14H2,1H3,(H,22,23). The van der Waals surface area contributed by atoms with Crippen molar-refractivity contribution in [3.05, 3.63) is 35.4 Å². The molecule has 2 aliphatic rings. The summed E-state index contributed by atoms with van der Waals surface area (Å²) in [6, 6.07) is 4.21. The van der Waals surface area contributed by atoms with E-state index in [9.17, 15) is 8.78 Å². The smallest absolute Gasteiger partial charge is 0.193 e. The number of hydrogen-bond acceptors (Lipinski definition) is 2. The van der Waals surface area contributed by atoms with E-state index in [1.54, 1.807) is 0 Å². The normalized spacial score (nSPS) is 22.0. The third kappa shape index (κ3) is 4.69. The Kier molecular flexibility index (Phi) is 6.24. The molecule has 0 amide bonds. The van der Waals surface area contributed by atoms with Crippen LogP contribution in [0.3, 0.4) is 0 Å². The van der Waals surface area contributed by atoms with Crippen LogP contribution < -0.4 is 5.32 Å². The lowest BCUT2D eigenvalue weighted by molar-refractivity contribution is 0.249. The van der Waals surface area contributed by atoms with E-state index in [2.05, 4.69) is 27.0 Å². The molecule has 0 radical (unpaired) electrons. The van der Waals surface area contributed by atoms with Crippen LogP contribution in [-0.4, -0.2) is 61.1 Å². The number of rotatable bonds is 5. The quantitative estimate of drug-likeness (QED) is 0.654. The Morgan fingerprint density at radius 3 is 2.80 bits per heavy atom. The fraction of sp³-hybridized carbons (Fsp3) is 0.632. The summed E-state index contributed by atoms with van der Waals surface area (Å²) in [7, 11) is 0. The summed E-state index contributed by atoms with van der Waals surface area (Å²) in [4.78, 5) is 9.54. The van der Waals surface area contributed by atoms with E-state index in [0.717, 1.165) is 31.7 Å². The van der Waals surface area contributed by atoms with Crippen molar-refractivity contribution in [2.45, 2.75) is 38.6 Å². The minimum absolute atomic E-state index is 0.364. The van der Waals surface area contributed by atoms with E-state index in [-0.39, 0.29) is 5.82 Å². The molecule has 0 saturated carbocycles. The van der Waals surface area contributed by atoms with Crippen LogP contribution in [0.2, 0.25) is 0 Å². The first-order chi connectivity index (χ1) is 12.2. The van der Waals surface area contributed by atoms with E-state index < -0.39 is 5.82 Å². The second-order valence-electron chi connectivity index (χ2n) is 6.85. The van der Waals surface area contributed by atoms with Gasteiger partial charge in [-0.1, -0.05) is 0 Å². The summed E-state index contributed by atoms with van der Waals surface area (Å²) >= 11 is 0. The number of likely N-dealkylation sites (tertiary alicyclic amines) is 2. The molecule has 2 heterocycles. The molecule has 0 spiro atoms. The summed E-state index contributed by atoms with van der Waals surface area (Å²) in [5.74, 6) is 0.123. The highest BCUT2D eigenvalue weighted by molar-refractivity contribution is 5.80. The third-order valence-corrected chi connectivity index (χ3v) is 5.11. The SMILES string of the molecule is CCNC(=NCCc1cc(F)ccc1F)N1CCC(N2CCCC2)C1. The van der Waals surface area contributed by atoms with Gasteiger partial charge in [-0.25, -0.2) is 8.78 Å². The Labute approximate surface area is 148 Å². The zero-order valence-electron chi connectivity index (χ0n) is 15.0. The summed E-state index contributed by atoms with van der Waals surface area (Å²) in [6.45, 7) is 7.74. The van der Waals surface area contributed by atoms with Crippen LogP contribution in [-0.2, 0) is 6.42 Å². The number of hydrogen-bond donors (Lipinski definition) is 1. The summed E-state index contributed by atoms with van der Waals surface area (Å²) in [5.41, 5.74) is 0.385. The number of nitrogens with zero attached hydrogens (tertiary/aromatic N) is 3. The highest BCUT2D eigenvalue weighted by atomic mass is 19.1. The van der Waals surface area contributed by atoms with Gasteiger partial charge in [0.1, 0.15) is 11.6 Å². The van der Waals surface area contributed by atoms with Crippen LogP contribution in [0.15, 0.2) is 23.2 Å². The highest BCUT2D eigenvalue weighted by Crippen LogP contribution is 2.20. The molecule has 2 aliphatic heterocycles. The summed E-state index contributed by atoms with van der Waals surface area (Å²) in [5, 5.41) is 3.34. The van der Waals surface area contributed by atoms with Crippen LogP contribution in [0.25, 0.3) is 0 Å². The van der Waals surface area contributed by atoms with Crippen LogP contribution in [0.1, 0.15) is 31.7 Å². The van der Waals surface area contributed by atoms with Gasteiger partial charge in [-0.15, -0.1) is 0 Å². The number of nitrogens with one attached hydrogen (secondary N) is 1. The van der Waals surface area contributed by atoms with Crippen LogP contribution >= 0.6 is 0 Å². The summed E-state index contributed by atoms with van der Waals surface area (Å²) < 4.78 is 27.0. The number of guanidine groups is 1. The maximum absolute atomic E-state index is 13.7. The van der Waals surface area contributed by atoms with Crippen LogP contribution in [0.4, 0.5) is 8.78 Å². The van der Waals surface area contributed by atoms with Gasteiger partial charge in [-0.3, -0.25) is 9.89 Å². The average Bonchev–Trinajstić information content (AvgIpc) is 3.28. The van der Waals surface area contributed by atoms with Gasteiger partial charge < -0.3 is 10.2 Å². The molecule has 0 bridgehead atoms. The molecule has 1 N–H and O–H groups in total. The monoisotopic (exact) mass is 350 g/mol. The van der Waals surface area contributed by atoms with Gasteiger partial charge >= 0.3 is 0 Å². The Morgan fingerprint density at radius 1 is 1.24 bits per heavy atom. The van der Waals surface area contributed by atoms with Crippen molar-refractivity contribution < 1.29 is 8.78 Å². The maximum Gasteiger partial charge on any atom is 0.193 e. The van der Waals surface area contributed by atoms with Crippen LogP contribution in [0.5, 0.6) is 0 Å². The Balaban J connectivity index is 1.58. The van der Waals surface area contributed by atoms with Crippen molar-refractivity contribution in [1.82, 2.24) is 15.1 Å². The molecular formula is C19H28F2N4. The molecule has 1 unspecified atom stereocenters. The number of benzene rings is 1. The lowest BCUT2D eigenvalue weighted by Gasteiger charge is -2.25. The van der Waals surface area contributed by atoms with Gasteiger partial charge in [-0.2, -0.15) is 0 Å². The Morgan fingerprint density at radius 2 is 2.04 bits per heavy atom. The van der Waals surface area contributed by atoms with Gasteiger partial charge in [0.05, 0.1) is 0 Å². The largest absolute Gasteiger partial charge is 0.357 e. The van der Waals surface area contributed by atoms with Crippen LogP contribution in [0, 0.1) is 11.6 Å². The first-order valence-electron chi connectivity index (χ1n) is 9.38. The topological polar surface area (TPSA) is 30.9 Å². The molecule has 138 valence electrons. The molecule has 1 aromatic carbocycles. The fourth-order valence-electron chi connectivity index (χ4n) is 3.78. The van der Waals surface area contributed by atoms with Gasteiger partial charge in [0.2, 0.25) is 0 Å². The van der Waals surface area contributed by atoms with E-state index >= 15 is 0 Å². The van der Waals surface area contributed by atoms with E-state index in [1.807, 2.05) is 0 Å². The van der Waals surface area contributed by atoms with Crippen molar-refractivity contribution in [2.75, 3.05) is 39.3 Å². The van der Waals surface area contributed by atoms with E-state index in [0.29, 0.717) is 24.6 Å². The van der Waals surface area contributed by atoms with Crippen molar-refractivity contribution >= 4 is 5.96 Å². The maximum atomic E-state index is 13.7. The Hall–Kier alpha value is -1.69. The van der Waals surface area contributed by atoms with Crippen molar-refractivity contribution in [3.8, 4) is 0 Å². The van der Waals surface area contributed by atoms with Gasteiger partial charge in [0, 0.05) is 32.2 Å². The fourth-order valence-corrected chi connectivity index (χ4v) is 3.78. The molecule has 0 aliphatic carbocycles. The molecule has 0 aromatic heterocycles. The molecule has 6 heteroatoms. The summed E-state index contributed by atoms with van der Waals surface area (Å²) in [6.07, 6.45) is 4.19. The molecule has 4 nitrogen and oxygen atoms in total. The number of halogens is 2. The number of aliphatic imine (C=N–C) groups is 1.